The summed E-state index contributed by atoms with van der Waals surface area (Å²) < 4.78 is 28.7. The van der Waals surface area contributed by atoms with Crippen molar-refractivity contribution in [3.05, 3.63) is 29.6 Å². The Hall–Kier alpha value is -1.49. The first-order chi connectivity index (χ1) is 9.42. The standard InChI is InChI=1S/C15H21F2N3/c1-4-10(18)8-20-14-7-12(17)11(16)6-13(14)19-15(20)5-9(2)3/h6-7,9-10H,4-5,8,18H2,1-3H3. The van der Waals surface area contributed by atoms with Gasteiger partial charge in [0.25, 0.3) is 0 Å². The van der Waals surface area contributed by atoms with E-state index in [1.54, 1.807) is 0 Å². The molecule has 0 fully saturated rings. The highest BCUT2D eigenvalue weighted by Crippen LogP contribution is 2.22. The molecule has 1 atom stereocenters. The van der Waals surface area contributed by atoms with Gasteiger partial charge in [-0.1, -0.05) is 20.8 Å². The third-order valence-corrected chi connectivity index (χ3v) is 3.40. The fourth-order valence-electron chi connectivity index (χ4n) is 2.26. The summed E-state index contributed by atoms with van der Waals surface area (Å²) in [4.78, 5) is 4.44. The number of benzene rings is 1. The highest BCUT2D eigenvalue weighted by atomic mass is 19.2. The van der Waals surface area contributed by atoms with Crippen LogP contribution in [0.2, 0.25) is 0 Å². The molecule has 0 aliphatic heterocycles. The molecule has 20 heavy (non-hydrogen) atoms. The lowest BCUT2D eigenvalue weighted by molar-refractivity contribution is 0.504. The first-order valence-corrected chi connectivity index (χ1v) is 7.02. The molecule has 2 aromatic rings. The van der Waals surface area contributed by atoms with Gasteiger partial charge in [-0.25, -0.2) is 13.8 Å². The number of nitrogens with two attached hydrogens (primary N) is 1. The van der Waals surface area contributed by atoms with Crippen molar-refractivity contribution in [1.82, 2.24) is 9.55 Å². The topological polar surface area (TPSA) is 43.8 Å². The van der Waals surface area contributed by atoms with Crippen molar-refractivity contribution in [2.45, 2.75) is 46.2 Å². The minimum absolute atomic E-state index is 0.0218. The maximum Gasteiger partial charge on any atom is 0.161 e. The zero-order valence-electron chi connectivity index (χ0n) is 12.2. The van der Waals surface area contributed by atoms with Gasteiger partial charge in [0, 0.05) is 31.1 Å². The van der Waals surface area contributed by atoms with Gasteiger partial charge in [0.1, 0.15) is 5.82 Å². The Kier molecular flexibility index (Phi) is 4.38. The first-order valence-electron chi connectivity index (χ1n) is 7.02. The van der Waals surface area contributed by atoms with Crippen molar-refractivity contribution in [2.24, 2.45) is 11.7 Å². The quantitative estimate of drug-likeness (QED) is 0.914. The van der Waals surface area contributed by atoms with Crippen LogP contribution in [0.3, 0.4) is 0 Å². The third-order valence-electron chi connectivity index (χ3n) is 3.40. The fourth-order valence-corrected chi connectivity index (χ4v) is 2.26. The Morgan fingerprint density at radius 3 is 2.50 bits per heavy atom. The summed E-state index contributed by atoms with van der Waals surface area (Å²) in [5.74, 6) is -0.458. The van der Waals surface area contributed by atoms with Gasteiger partial charge in [-0.15, -0.1) is 0 Å². The van der Waals surface area contributed by atoms with Crippen LogP contribution in [0.25, 0.3) is 11.0 Å². The van der Waals surface area contributed by atoms with Crippen LogP contribution in [0.4, 0.5) is 8.78 Å². The second kappa shape index (κ2) is 5.87. The monoisotopic (exact) mass is 281 g/mol. The molecule has 0 amide bonds. The number of nitrogens with zero attached hydrogens (tertiary/aromatic N) is 2. The predicted molar refractivity (Wildman–Crippen MR) is 76.5 cm³/mol. The largest absolute Gasteiger partial charge is 0.326 e. The summed E-state index contributed by atoms with van der Waals surface area (Å²) in [6.45, 7) is 6.75. The van der Waals surface area contributed by atoms with Crippen LogP contribution >= 0.6 is 0 Å². The summed E-state index contributed by atoms with van der Waals surface area (Å²) in [5.41, 5.74) is 7.11. The van der Waals surface area contributed by atoms with E-state index in [4.69, 9.17) is 5.73 Å². The first kappa shape index (κ1) is 14.9. The molecule has 0 radical (unpaired) electrons. The Bertz CT molecular complexity index is 605. The molecule has 5 heteroatoms. The molecule has 1 aromatic heterocycles. The molecule has 2 rings (SSSR count). The van der Waals surface area contributed by atoms with Crippen molar-refractivity contribution in [3.63, 3.8) is 0 Å². The molecule has 3 nitrogen and oxygen atoms in total. The molecule has 0 saturated carbocycles. The van der Waals surface area contributed by atoms with Crippen molar-refractivity contribution in [2.75, 3.05) is 0 Å². The Morgan fingerprint density at radius 1 is 1.25 bits per heavy atom. The van der Waals surface area contributed by atoms with E-state index < -0.39 is 11.6 Å². The van der Waals surface area contributed by atoms with Crippen molar-refractivity contribution in [1.29, 1.82) is 0 Å². The highest BCUT2D eigenvalue weighted by molar-refractivity contribution is 5.76. The SMILES string of the molecule is CCC(N)Cn1c(CC(C)C)nc2cc(F)c(F)cc21. The number of rotatable bonds is 5. The Balaban J connectivity index is 2.55. The van der Waals surface area contributed by atoms with E-state index in [1.807, 2.05) is 11.5 Å². The fraction of sp³-hybridized carbons (Fsp3) is 0.533. The molecular formula is C15H21F2N3. The van der Waals surface area contributed by atoms with E-state index in [-0.39, 0.29) is 6.04 Å². The second-order valence-corrected chi connectivity index (χ2v) is 5.66. The maximum atomic E-state index is 13.5. The van der Waals surface area contributed by atoms with Crippen LogP contribution in [0.15, 0.2) is 12.1 Å². The molecular weight excluding hydrogens is 260 g/mol. The molecule has 1 heterocycles. The van der Waals surface area contributed by atoms with Crippen LogP contribution < -0.4 is 5.73 Å². The van der Waals surface area contributed by atoms with Crippen LogP contribution in [-0.2, 0) is 13.0 Å². The summed E-state index contributed by atoms with van der Waals surface area (Å²) in [5, 5.41) is 0. The second-order valence-electron chi connectivity index (χ2n) is 5.66. The average molecular weight is 281 g/mol. The van der Waals surface area contributed by atoms with E-state index in [1.165, 1.54) is 6.07 Å². The van der Waals surface area contributed by atoms with Gasteiger partial charge < -0.3 is 10.3 Å². The lowest BCUT2D eigenvalue weighted by atomic mass is 10.1. The van der Waals surface area contributed by atoms with Gasteiger partial charge in [-0.05, 0) is 12.3 Å². The van der Waals surface area contributed by atoms with E-state index in [0.717, 1.165) is 24.7 Å². The van der Waals surface area contributed by atoms with Gasteiger partial charge in [0.15, 0.2) is 11.6 Å². The minimum Gasteiger partial charge on any atom is -0.326 e. The van der Waals surface area contributed by atoms with Crippen LogP contribution in [0.5, 0.6) is 0 Å². The third kappa shape index (κ3) is 2.98. The molecule has 1 unspecified atom stereocenters. The lowest BCUT2D eigenvalue weighted by Gasteiger charge is -2.14. The van der Waals surface area contributed by atoms with Crippen molar-refractivity contribution in [3.8, 4) is 0 Å². The summed E-state index contributed by atoms with van der Waals surface area (Å²) in [6.07, 6.45) is 1.58. The summed E-state index contributed by atoms with van der Waals surface area (Å²) >= 11 is 0. The molecule has 0 aliphatic carbocycles. The molecule has 0 saturated heterocycles. The van der Waals surface area contributed by atoms with E-state index in [2.05, 4.69) is 18.8 Å². The zero-order valence-corrected chi connectivity index (χ0v) is 12.2. The minimum atomic E-state index is -0.863. The van der Waals surface area contributed by atoms with Crippen LogP contribution in [0.1, 0.15) is 33.0 Å². The smallest absolute Gasteiger partial charge is 0.161 e. The number of fused-ring (bicyclic) bond motifs is 1. The zero-order chi connectivity index (χ0) is 14.9. The highest BCUT2D eigenvalue weighted by Gasteiger charge is 2.16. The molecule has 1 aromatic carbocycles. The summed E-state index contributed by atoms with van der Waals surface area (Å²) in [7, 11) is 0. The van der Waals surface area contributed by atoms with Gasteiger partial charge in [-0.2, -0.15) is 0 Å². The Labute approximate surface area is 117 Å². The van der Waals surface area contributed by atoms with Crippen molar-refractivity contribution >= 4 is 11.0 Å². The van der Waals surface area contributed by atoms with Gasteiger partial charge in [0.05, 0.1) is 11.0 Å². The number of halogens is 2. The number of aromatic nitrogens is 2. The van der Waals surface area contributed by atoms with Gasteiger partial charge in [-0.3, -0.25) is 0 Å². The van der Waals surface area contributed by atoms with Crippen LogP contribution in [-0.4, -0.2) is 15.6 Å². The predicted octanol–water partition coefficient (Wildman–Crippen LogP) is 3.25. The molecule has 0 aliphatic rings. The molecule has 0 bridgehead atoms. The van der Waals surface area contributed by atoms with E-state index in [0.29, 0.717) is 23.5 Å². The molecule has 110 valence electrons. The van der Waals surface area contributed by atoms with E-state index in [9.17, 15) is 8.78 Å². The summed E-state index contributed by atoms with van der Waals surface area (Å²) in [6, 6.07) is 2.35. The van der Waals surface area contributed by atoms with Gasteiger partial charge in [0.2, 0.25) is 0 Å². The normalized spacial score (nSPS) is 13.3. The van der Waals surface area contributed by atoms with Crippen LogP contribution in [0, 0.1) is 17.6 Å². The van der Waals surface area contributed by atoms with E-state index >= 15 is 0 Å². The molecule has 0 spiro atoms. The molecule has 2 N–H and O–H groups in total. The number of imidazole rings is 1. The van der Waals surface area contributed by atoms with Gasteiger partial charge >= 0.3 is 0 Å². The lowest BCUT2D eigenvalue weighted by Crippen LogP contribution is -2.26. The number of hydrogen-bond acceptors (Lipinski definition) is 2. The number of hydrogen-bond donors (Lipinski definition) is 1. The maximum absolute atomic E-state index is 13.5. The Morgan fingerprint density at radius 2 is 1.90 bits per heavy atom. The van der Waals surface area contributed by atoms with Crippen molar-refractivity contribution < 1.29 is 8.78 Å². The average Bonchev–Trinajstić information content (AvgIpc) is 2.67.